The summed E-state index contributed by atoms with van der Waals surface area (Å²) in [6, 6.07) is 11.1. The molecule has 7 nitrogen and oxygen atoms in total. The van der Waals surface area contributed by atoms with Crippen LogP contribution in [-0.4, -0.2) is 26.1 Å². The average molecular weight is 431 g/mol. The smallest absolute Gasteiger partial charge is 0.227 e. The monoisotopic (exact) mass is 430 g/mol. The molecule has 2 heterocycles. The number of carbonyl (C=O) groups is 1. The molecule has 152 valence electrons. The van der Waals surface area contributed by atoms with Gasteiger partial charge in [0, 0.05) is 34.3 Å². The maximum atomic E-state index is 11.8. The lowest BCUT2D eigenvalue weighted by Gasteiger charge is -2.07. The molecule has 4 rings (SSSR count). The molecule has 0 unspecified atom stereocenters. The minimum Gasteiger partial charge on any atom is -0.326 e. The van der Waals surface area contributed by atoms with Gasteiger partial charge in [-0.2, -0.15) is 5.10 Å². The summed E-state index contributed by atoms with van der Waals surface area (Å²) in [5.74, 6) is 1.51. The first kappa shape index (κ1) is 21.1. The molecule has 3 aromatic rings. The van der Waals surface area contributed by atoms with Gasteiger partial charge in [0.05, 0.1) is 0 Å². The SMILES string of the molecule is CC.Cc1cc(Nc2cc(Cl)nc(Sc3ccc(NC(=O)C4CC4)cc3)n2)n[nH]1. The fourth-order valence-corrected chi connectivity index (χ4v) is 3.43. The molecule has 0 radical (unpaired) electrons. The van der Waals surface area contributed by atoms with Crippen molar-refractivity contribution >= 4 is 46.6 Å². The number of halogens is 1. The van der Waals surface area contributed by atoms with Crippen molar-refractivity contribution in [3.8, 4) is 0 Å². The number of aryl methyl sites for hydroxylation is 1. The minimum atomic E-state index is 0.0953. The van der Waals surface area contributed by atoms with E-state index < -0.39 is 0 Å². The van der Waals surface area contributed by atoms with Crippen LogP contribution in [0, 0.1) is 12.8 Å². The zero-order chi connectivity index (χ0) is 20.8. The Morgan fingerprint density at radius 2 is 1.86 bits per heavy atom. The van der Waals surface area contributed by atoms with Crippen LogP contribution in [-0.2, 0) is 4.79 Å². The Balaban J connectivity index is 0.00000117. The van der Waals surface area contributed by atoms with Gasteiger partial charge in [-0.3, -0.25) is 9.89 Å². The normalized spacial score (nSPS) is 12.7. The van der Waals surface area contributed by atoms with E-state index in [-0.39, 0.29) is 11.8 Å². The summed E-state index contributed by atoms with van der Waals surface area (Å²) in [4.78, 5) is 21.5. The Kier molecular flexibility index (Phi) is 7.11. The van der Waals surface area contributed by atoms with Crippen molar-refractivity contribution in [2.75, 3.05) is 10.6 Å². The Morgan fingerprint density at radius 3 is 2.48 bits per heavy atom. The van der Waals surface area contributed by atoms with Crippen LogP contribution in [0.15, 0.2) is 46.5 Å². The van der Waals surface area contributed by atoms with Crippen LogP contribution in [0.3, 0.4) is 0 Å². The van der Waals surface area contributed by atoms with Crippen molar-refractivity contribution in [1.29, 1.82) is 0 Å². The molecule has 0 bridgehead atoms. The number of rotatable bonds is 6. The second-order valence-corrected chi connectivity index (χ2v) is 7.74. The van der Waals surface area contributed by atoms with E-state index in [9.17, 15) is 4.79 Å². The van der Waals surface area contributed by atoms with Gasteiger partial charge in [-0.25, -0.2) is 9.97 Å². The van der Waals surface area contributed by atoms with Crippen LogP contribution in [0.1, 0.15) is 32.4 Å². The molecular weight excluding hydrogens is 408 g/mol. The van der Waals surface area contributed by atoms with E-state index in [4.69, 9.17) is 11.6 Å². The summed E-state index contributed by atoms with van der Waals surface area (Å²) in [7, 11) is 0. The summed E-state index contributed by atoms with van der Waals surface area (Å²) in [5.41, 5.74) is 1.74. The summed E-state index contributed by atoms with van der Waals surface area (Å²) < 4.78 is 0. The Hall–Kier alpha value is -2.58. The van der Waals surface area contributed by atoms with Crippen molar-refractivity contribution in [1.82, 2.24) is 20.2 Å². The zero-order valence-corrected chi connectivity index (χ0v) is 18.1. The number of nitrogens with zero attached hydrogens (tertiary/aromatic N) is 3. The Labute approximate surface area is 179 Å². The third kappa shape index (κ3) is 6.20. The fourth-order valence-electron chi connectivity index (χ4n) is 2.42. The number of hydrogen-bond acceptors (Lipinski definition) is 6. The first-order valence-corrected chi connectivity index (χ1v) is 10.7. The van der Waals surface area contributed by atoms with E-state index in [2.05, 4.69) is 30.8 Å². The van der Waals surface area contributed by atoms with Crippen molar-refractivity contribution in [2.45, 2.75) is 43.7 Å². The van der Waals surface area contributed by atoms with Gasteiger partial charge >= 0.3 is 0 Å². The number of aromatic amines is 1. The van der Waals surface area contributed by atoms with Gasteiger partial charge in [-0.15, -0.1) is 0 Å². The zero-order valence-electron chi connectivity index (χ0n) is 16.5. The van der Waals surface area contributed by atoms with Crippen molar-refractivity contribution in [3.63, 3.8) is 0 Å². The van der Waals surface area contributed by atoms with Crippen LogP contribution >= 0.6 is 23.4 Å². The van der Waals surface area contributed by atoms with E-state index in [1.807, 2.05) is 51.1 Å². The highest BCUT2D eigenvalue weighted by Gasteiger charge is 2.29. The van der Waals surface area contributed by atoms with Gasteiger partial charge < -0.3 is 10.6 Å². The predicted octanol–water partition coefficient (Wildman–Crippen LogP) is 5.43. The molecule has 1 aliphatic carbocycles. The van der Waals surface area contributed by atoms with E-state index in [1.54, 1.807) is 6.07 Å². The van der Waals surface area contributed by atoms with Crippen LogP contribution < -0.4 is 10.6 Å². The number of carbonyl (C=O) groups excluding carboxylic acids is 1. The van der Waals surface area contributed by atoms with Crippen molar-refractivity contribution < 1.29 is 4.79 Å². The Bertz CT molecular complexity index is 971. The summed E-state index contributed by atoms with van der Waals surface area (Å²) in [5, 5.41) is 13.9. The molecule has 0 atom stereocenters. The first-order chi connectivity index (χ1) is 14.0. The second-order valence-electron chi connectivity index (χ2n) is 6.31. The lowest BCUT2D eigenvalue weighted by molar-refractivity contribution is -0.117. The highest BCUT2D eigenvalue weighted by Crippen LogP contribution is 2.31. The van der Waals surface area contributed by atoms with Gasteiger partial charge in [0.2, 0.25) is 5.91 Å². The molecule has 2 aromatic heterocycles. The highest BCUT2D eigenvalue weighted by atomic mass is 35.5. The highest BCUT2D eigenvalue weighted by molar-refractivity contribution is 7.99. The fraction of sp³-hybridized carbons (Fsp3) is 0.300. The van der Waals surface area contributed by atoms with E-state index in [0.717, 1.165) is 29.1 Å². The molecule has 0 saturated heterocycles. The summed E-state index contributed by atoms with van der Waals surface area (Å²) in [6.45, 7) is 5.92. The molecule has 1 amide bonds. The van der Waals surface area contributed by atoms with Crippen LogP contribution in [0.5, 0.6) is 0 Å². The molecule has 0 aliphatic heterocycles. The average Bonchev–Trinajstić information content (AvgIpc) is 3.48. The standard InChI is InChI=1S/C18H17ClN6OS.C2H6/c1-10-8-16(25-24-10)22-15-9-14(19)21-18(23-15)27-13-6-4-12(5-7-13)20-17(26)11-2-3-11;1-2/h4-9,11H,2-3H2,1H3,(H,20,26)(H2,21,22,23,24,25);1-2H3. The number of aromatic nitrogens is 4. The molecule has 1 aromatic carbocycles. The largest absolute Gasteiger partial charge is 0.326 e. The maximum absolute atomic E-state index is 11.8. The van der Waals surface area contributed by atoms with Crippen LogP contribution in [0.2, 0.25) is 5.15 Å². The number of hydrogen-bond donors (Lipinski definition) is 3. The number of nitrogens with one attached hydrogen (secondary N) is 3. The predicted molar refractivity (Wildman–Crippen MR) is 117 cm³/mol. The molecule has 0 spiro atoms. The first-order valence-electron chi connectivity index (χ1n) is 9.47. The molecule has 3 N–H and O–H groups in total. The number of H-pyrrole nitrogens is 1. The molecule has 1 aliphatic rings. The van der Waals surface area contributed by atoms with Crippen LogP contribution in [0.25, 0.3) is 0 Å². The summed E-state index contributed by atoms with van der Waals surface area (Å²) >= 11 is 7.52. The van der Waals surface area contributed by atoms with Gasteiger partial charge in [0.15, 0.2) is 11.0 Å². The second kappa shape index (κ2) is 9.76. The topological polar surface area (TPSA) is 95.6 Å². The van der Waals surface area contributed by atoms with Crippen molar-refractivity contribution in [3.05, 3.63) is 47.2 Å². The van der Waals surface area contributed by atoms with Gasteiger partial charge in [0.1, 0.15) is 11.0 Å². The number of benzene rings is 1. The van der Waals surface area contributed by atoms with Gasteiger partial charge in [-0.1, -0.05) is 25.4 Å². The van der Waals surface area contributed by atoms with Crippen molar-refractivity contribution in [2.24, 2.45) is 5.92 Å². The maximum Gasteiger partial charge on any atom is 0.227 e. The quantitative estimate of drug-likeness (QED) is 0.356. The van der Waals surface area contributed by atoms with E-state index in [1.165, 1.54) is 11.8 Å². The van der Waals surface area contributed by atoms with E-state index >= 15 is 0 Å². The third-order valence-electron chi connectivity index (χ3n) is 3.92. The molecule has 9 heteroatoms. The lowest BCUT2D eigenvalue weighted by Crippen LogP contribution is -2.12. The molecular formula is C20H23ClN6OS. The van der Waals surface area contributed by atoms with Gasteiger partial charge in [-0.05, 0) is 55.8 Å². The number of anilines is 3. The van der Waals surface area contributed by atoms with E-state index in [0.29, 0.717) is 21.9 Å². The number of amides is 1. The minimum absolute atomic E-state index is 0.0953. The summed E-state index contributed by atoms with van der Waals surface area (Å²) in [6.07, 6.45) is 1.97. The molecule has 1 fully saturated rings. The third-order valence-corrected chi connectivity index (χ3v) is 4.98. The van der Waals surface area contributed by atoms with Gasteiger partial charge in [0.25, 0.3) is 0 Å². The van der Waals surface area contributed by atoms with Crippen LogP contribution in [0.4, 0.5) is 17.3 Å². The Morgan fingerprint density at radius 1 is 1.14 bits per heavy atom. The molecule has 29 heavy (non-hydrogen) atoms. The lowest BCUT2D eigenvalue weighted by atomic mass is 10.3. The molecule has 1 saturated carbocycles.